The van der Waals surface area contributed by atoms with Crippen molar-refractivity contribution in [2.45, 2.75) is 205 Å². The van der Waals surface area contributed by atoms with Gasteiger partial charge in [0, 0.05) is 0 Å². The summed E-state index contributed by atoms with van der Waals surface area (Å²) in [5.41, 5.74) is 0.136. The number of carbonyl (C=O) groups is 1. The van der Waals surface area contributed by atoms with E-state index in [4.69, 9.17) is 28.4 Å². The van der Waals surface area contributed by atoms with Crippen LogP contribution in [0.5, 0.6) is 0 Å². The van der Waals surface area contributed by atoms with Crippen LogP contribution in [0.4, 0.5) is 0 Å². The minimum absolute atomic E-state index is 0.0313. The molecule has 4 saturated carbocycles. The molecule has 17 heteroatoms. The maximum absolute atomic E-state index is 13.1. The van der Waals surface area contributed by atoms with E-state index in [1.807, 2.05) is 0 Å². The molecule has 7 fully saturated rings. The van der Waals surface area contributed by atoms with Crippen molar-refractivity contribution in [3.8, 4) is 0 Å². The summed E-state index contributed by atoms with van der Waals surface area (Å²) in [6.45, 7) is 15.0. The second-order valence-electron chi connectivity index (χ2n) is 23.1. The lowest BCUT2D eigenvalue weighted by Gasteiger charge is -2.71. The number of ether oxygens (including phenoxy) is 6. The van der Waals surface area contributed by atoms with Gasteiger partial charge >= 0.3 is 5.97 Å². The van der Waals surface area contributed by atoms with Gasteiger partial charge < -0.3 is 79.5 Å². The SMILES string of the molecule is CC1(C)CC[C@]2(C(=O)O)CC[C@]3(C)C(=CC[C@H]4[C@@]5(C)CC[C@H](O[C@@H]6O[C@H](CO[C@@H]7O[C@H](CO[C@@H]8OC[C@@H](O)[C@H](O)[C@H]8O)[C@@H](O)[C@H](O)[C@H]7O)[C@@H](O)[C@H](O)[C@H]6O)C(C)(C)[C@H]5CC[C@]43C)[C@@H]2C1. The molecule has 0 unspecified atom stereocenters. The third-order valence-corrected chi connectivity index (χ3v) is 18.9. The van der Waals surface area contributed by atoms with Gasteiger partial charge in [-0.25, -0.2) is 0 Å². The van der Waals surface area contributed by atoms with E-state index in [1.165, 1.54) is 5.57 Å². The largest absolute Gasteiger partial charge is 0.481 e. The summed E-state index contributed by atoms with van der Waals surface area (Å²) in [7, 11) is 0. The van der Waals surface area contributed by atoms with Crippen LogP contribution in [-0.2, 0) is 33.2 Å². The summed E-state index contributed by atoms with van der Waals surface area (Å²) < 4.78 is 35.0. The van der Waals surface area contributed by atoms with Crippen molar-refractivity contribution in [1.82, 2.24) is 0 Å². The number of hydrogen-bond acceptors (Lipinski definition) is 16. The third kappa shape index (κ3) is 7.76. The Balaban J connectivity index is 0.934. The molecule has 3 saturated heterocycles. The lowest BCUT2D eigenvalue weighted by Crippen LogP contribution is -2.66. The number of fused-ring (bicyclic) bond motifs is 7. The number of hydrogen-bond donors (Lipinski definition) is 10. The highest BCUT2D eigenvalue weighted by molar-refractivity contribution is 5.76. The van der Waals surface area contributed by atoms with Crippen molar-refractivity contribution in [2.24, 2.45) is 50.2 Å². The van der Waals surface area contributed by atoms with Crippen molar-refractivity contribution < 1.29 is 84.3 Å². The van der Waals surface area contributed by atoms with Crippen LogP contribution >= 0.6 is 0 Å². The van der Waals surface area contributed by atoms with E-state index < -0.39 is 122 Å². The molecule has 5 aliphatic carbocycles. The predicted molar refractivity (Wildman–Crippen MR) is 225 cm³/mol. The zero-order valence-corrected chi connectivity index (χ0v) is 38.5. The Kier molecular flexibility index (Phi) is 13.2. The molecule has 0 aromatic heterocycles. The van der Waals surface area contributed by atoms with Gasteiger partial charge in [0.25, 0.3) is 0 Å². The lowest BCUT2D eigenvalue weighted by molar-refractivity contribution is -0.348. The summed E-state index contributed by atoms with van der Waals surface area (Å²) in [5.74, 6) is -0.0215. The number of aliphatic hydroxyl groups is 9. The van der Waals surface area contributed by atoms with Crippen molar-refractivity contribution in [3.05, 3.63) is 11.6 Å². The average Bonchev–Trinajstić information content (AvgIpc) is 3.23. The smallest absolute Gasteiger partial charge is 0.310 e. The summed E-state index contributed by atoms with van der Waals surface area (Å²) in [6.07, 6.45) is -11.0. The maximum atomic E-state index is 13.1. The van der Waals surface area contributed by atoms with E-state index in [2.05, 4.69) is 54.5 Å². The van der Waals surface area contributed by atoms with Crippen LogP contribution in [0, 0.1) is 50.2 Å². The number of carboxylic acid groups (broad SMARTS) is 1. The molecule has 64 heavy (non-hydrogen) atoms. The second-order valence-corrected chi connectivity index (χ2v) is 23.1. The quantitative estimate of drug-likeness (QED) is 0.116. The van der Waals surface area contributed by atoms with Crippen molar-refractivity contribution >= 4 is 5.97 Å². The summed E-state index contributed by atoms with van der Waals surface area (Å²) in [6, 6.07) is 0. The molecule has 22 atom stereocenters. The molecule has 3 heterocycles. The number of carboxylic acids is 1. The third-order valence-electron chi connectivity index (χ3n) is 18.9. The molecule has 0 aromatic carbocycles. The molecular weight excluding hydrogens is 836 g/mol. The number of aliphatic carboxylic acids is 1. The summed E-state index contributed by atoms with van der Waals surface area (Å²) >= 11 is 0. The van der Waals surface area contributed by atoms with E-state index in [-0.39, 0.29) is 40.1 Å². The predicted octanol–water partition coefficient (Wildman–Crippen LogP) is 1.35. The molecule has 3 aliphatic heterocycles. The molecule has 0 spiro atoms. The zero-order valence-electron chi connectivity index (χ0n) is 38.5. The van der Waals surface area contributed by atoms with Gasteiger partial charge in [0.2, 0.25) is 0 Å². The van der Waals surface area contributed by atoms with Gasteiger partial charge in [0.15, 0.2) is 18.9 Å². The van der Waals surface area contributed by atoms with Crippen LogP contribution in [-0.4, -0.2) is 169 Å². The van der Waals surface area contributed by atoms with Gasteiger partial charge in [0.1, 0.15) is 67.1 Å². The normalized spacial score (nSPS) is 53.5. The molecule has 366 valence electrons. The van der Waals surface area contributed by atoms with Crippen LogP contribution in [0.2, 0.25) is 0 Å². The highest BCUT2D eigenvalue weighted by atomic mass is 16.7. The Hall–Kier alpha value is -1.39. The molecule has 0 radical (unpaired) electrons. The van der Waals surface area contributed by atoms with Gasteiger partial charge in [-0.3, -0.25) is 4.79 Å². The lowest BCUT2D eigenvalue weighted by atomic mass is 9.33. The zero-order chi connectivity index (χ0) is 46.7. The summed E-state index contributed by atoms with van der Waals surface area (Å²) in [4.78, 5) is 13.1. The Morgan fingerprint density at radius 2 is 1.23 bits per heavy atom. The van der Waals surface area contributed by atoms with E-state index in [9.17, 15) is 55.9 Å². The van der Waals surface area contributed by atoms with Gasteiger partial charge in [-0.1, -0.05) is 60.1 Å². The average molecular weight is 913 g/mol. The first-order chi connectivity index (χ1) is 29.8. The van der Waals surface area contributed by atoms with Gasteiger partial charge in [-0.15, -0.1) is 0 Å². The van der Waals surface area contributed by atoms with Crippen LogP contribution in [0.1, 0.15) is 113 Å². The van der Waals surface area contributed by atoms with Crippen LogP contribution in [0.25, 0.3) is 0 Å². The molecule has 0 aromatic rings. The molecule has 17 nitrogen and oxygen atoms in total. The van der Waals surface area contributed by atoms with Crippen LogP contribution in [0.15, 0.2) is 11.6 Å². The molecule has 0 bridgehead atoms. The standard InChI is InChI=1S/C47H76O17/c1-42(2)14-16-47(41(57)58)17-15-45(6)22(23(47)18-42)8-9-28-44(5)12-11-29(43(3,4)27(44)10-13-46(28,45)7)64-40-37(56)34(53)32(51)26(63-40)21-61-39-36(55)33(52)31(50)25(62-39)20-60-38-35(54)30(49)24(48)19-59-38/h8,23-40,48-56H,9-21H2,1-7H3,(H,57,58)/t23-,24+,25+,26+,27+,28-,29-,30-,31+,32+,33-,34-,35+,36+,37+,38-,39+,40-,44-,45+,46+,47-/m0/s1. The van der Waals surface area contributed by atoms with Gasteiger partial charge in [0.05, 0.1) is 31.3 Å². The highest BCUT2D eigenvalue weighted by Crippen LogP contribution is 2.76. The maximum Gasteiger partial charge on any atom is 0.310 e. The van der Waals surface area contributed by atoms with E-state index in [0.717, 1.165) is 51.4 Å². The minimum atomic E-state index is -1.77. The van der Waals surface area contributed by atoms with Crippen molar-refractivity contribution in [2.75, 3.05) is 19.8 Å². The number of aliphatic hydroxyl groups excluding tert-OH is 9. The Morgan fingerprint density at radius 3 is 1.88 bits per heavy atom. The fraction of sp³-hybridized carbons (Fsp3) is 0.936. The van der Waals surface area contributed by atoms with E-state index in [0.29, 0.717) is 18.8 Å². The first-order valence-electron chi connectivity index (χ1n) is 23.7. The Morgan fingerprint density at radius 1 is 0.656 bits per heavy atom. The molecule has 0 amide bonds. The number of rotatable bonds is 9. The van der Waals surface area contributed by atoms with Crippen LogP contribution in [0.3, 0.4) is 0 Å². The Labute approximate surface area is 376 Å². The molecule has 8 rings (SSSR count). The fourth-order valence-corrected chi connectivity index (χ4v) is 14.7. The highest BCUT2D eigenvalue weighted by Gasteiger charge is 2.69. The monoisotopic (exact) mass is 913 g/mol. The van der Waals surface area contributed by atoms with Crippen molar-refractivity contribution in [1.29, 1.82) is 0 Å². The van der Waals surface area contributed by atoms with Crippen molar-refractivity contribution in [3.63, 3.8) is 0 Å². The number of allylic oxidation sites excluding steroid dienone is 2. The molecular formula is C47H76O17. The second kappa shape index (κ2) is 17.2. The van der Waals surface area contributed by atoms with Crippen LogP contribution < -0.4 is 0 Å². The summed E-state index contributed by atoms with van der Waals surface area (Å²) in [5, 5.41) is 106. The first kappa shape index (κ1) is 49.0. The first-order valence-corrected chi connectivity index (χ1v) is 23.7. The Bertz CT molecular complexity index is 1740. The molecule has 8 aliphatic rings. The van der Waals surface area contributed by atoms with E-state index in [1.54, 1.807) is 0 Å². The topological polar surface area (TPSA) is 275 Å². The minimum Gasteiger partial charge on any atom is -0.481 e. The van der Waals surface area contributed by atoms with Gasteiger partial charge in [-0.2, -0.15) is 0 Å². The molecule has 10 N–H and O–H groups in total. The van der Waals surface area contributed by atoms with E-state index >= 15 is 0 Å². The van der Waals surface area contributed by atoms with Gasteiger partial charge in [-0.05, 0) is 109 Å². The fourth-order valence-electron chi connectivity index (χ4n) is 14.7.